The van der Waals surface area contributed by atoms with E-state index >= 15 is 0 Å². The van der Waals surface area contributed by atoms with E-state index in [0.29, 0.717) is 17.4 Å². The van der Waals surface area contributed by atoms with Crippen molar-refractivity contribution in [2.45, 2.75) is 0 Å². The Balaban J connectivity index is 1.46. The Bertz CT molecular complexity index is 1200. The number of hydrogen-bond donors (Lipinski definition) is 0. The molecule has 4 aromatic heterocycles. The first kappa shape index (κ1) is 16.1. The van der Waals surface area contributed by atoms with E-state index in [4.69, 9.17) is 4.42 Å². The summed E-state index contributed by atoms with van der Waals surface area (Å²) in [6.07, 6.45) is 8.71. The van der Waals surface area contributed by atoms with Crippen LogP contribution in [0.3, 0.4) is 0 Å². The maximum absolute atomic E-state index is 5.33. The molecule has 0 unspecified atom stereocenters. The minimum Gasteiger partial charge on any atom is -0.461 e. The summed E-state index contributed by atoms with van der Waals surface area (Å²) >= 11 is 0. The van der Waals surface area contributed by atoms with Crippen LogP contribution in [-0.2, 0) is 7.05 Å². The number of imidazole rings is 1. The quantitative estimate of drug-likeness (QED) is 0.479. The number of furan rings is 1. The Kier molecular flexibility index (Phi) is 3.75. The van der Waals surface area contributed by atoms with E-state index in [9.17, 15) is 0 Å². The van der Waals surface area contributed by atoms with Gasteiger partial charge in [0.05, 0.1) is 18.9 Å². The first-order chi connectivity index (χ1) is 13.8. The van der Waals surface area contributed by atoms with Gasteiger partial charge in [0, 0.05) is 36.0 Å². The highest BCUT2D eigenvalue weighted by Crippen LogP contribution is 2.24. The Morgan fingerprint density at radius 1 is 0.893 bits per heavy atom. The van der Waals surface area contributed by atoms with Crippen molar-refractivity contribution < 1.29 is 4.42 Å². The fraction of sp³-hybridized carbons (Fsp3) is 0.0526. The summed E-state index contributed by atoms with van der Waals surface area (Å²) in [5, 5.41) is 12.1. The van der Waals surface area contributed by atoms with Gasteiger partial charge >= 0.3 is 0 Å². The molecule has 0 saturated heterocycles. The second-order valence-electron chi connectivity index (χ2n) is 6.04. The van der Waals surface area contributed by atoms with Crippen molar-refractivity contribution in [1.82, 2.24) is 39.7 Å². The zero-order chi connectivity index (χ0) is 18.9. The third-order valence-corrected chi connectivity index (χ3v) is 4.20. The predicted octanol–water partition coefficient (Wildman–Crippen LogP) is 2.78. The van der Waals surface area contributed by atoms with E-state index in [1.165, 1.54) is 4.80 Å². The van der Waals surface area contributed by atoms with Crippen LogP contribution in [0.25, 0.3) is 40.0 Å². The molecule has 136 valence electrons. The van der Waals surface area contributed by atoms with Crippen molar-refractivity contribution >= 4 is 0 Å². The molecule has 28 heavy (non-hydrogen) atoms. The first-order valence-electron chi connectivity index (χ1n) is 8.52. The molecule has 0 saturated carbocycles. The number of rotatable bonds is 4. The number of nitrogens with zero attached hydrogens (tertiary/aromatic N) is 8. The molecule has 0 aliphatic rings. The van der Waals surface area contributed by atoms with Gasteiger partial charge in [-0.2, -0.15) is 4.80 Å². The number of hydrogen-bond acceptors (Lipinski definition) is 7. The van der Waals surface area contributed by atoms with Gasteiger partial charge in [-0.05, 0) is 41.6 Å². The maximum atomic E-state index is 5.33. The van der Waals surface area contributed by atoms with E-state index in [1.54, 1.807) is 38.0 Å². The number of aryl methyl sites for hydroxylation is 1. The SMILES string of the molecule is Cn1nnc(-c2ccc(-n3ccnc3-c3cnc(-c4ccco4)nc3)cc2)n1. The highest BCUT2D eigenvalue weighted by Gasteiger charge is 2.11. The largest absolute Gasteiger partial charge is 0.461 e. The third-order valence-electron chi connectivity index (χ3n) is 4.20. The molecule has 0 atom stereocenters. The first-order valence-corrected chi connectivity index (χ1v) is 8.52. The lowest BCUT2D eigenvalue weighted by Gasteiger charge is -2.08. The summed E-state index contributed by atoms with van der Waals surface area (Å²) in [6, 6.07) is 11.5. The summed E-state index contributed by atoms with van der Waals surface area (Å²) in [5.74, 6) is 2.49. The van der Waals surface area contributed by atoms with Crippen molar-refractivity contribution in [2.24, 2.45) is 7.05 Å². The summed E-state index contributed by atoms with van der Waals surface area (Å²) < 4.78 is 7.30. The number of benzene rings is 1. The van der Waals surface area contributed by atoms with Crippen molar-refractivity contribution in [3.63, 3.8) is 0 Å². The van der Waals surface area contributed by atoms with Crippen LogP contribution in [-0.4, -0.2) is 39.7 Å². The Labute approximate surface area is 159 Å². The van der Waals surface area contributed by atoms with Crippen molar-refractivity contribution in [3.05, 3.63) is 67.4 Å². The minimum atomic E-state index is 0.535. The second kappa shape index (κ2) is 6.54. The molecule has 9 nitrogen and oxygen atoms in total. The summed E-state index contributed by atoms with van der Waals surface area (Å²) in [5.41, 5.74) is 2.65. The van der Waals surface area contributed by atoms with Crippen molar-refractivity contribution in [3.8, 4) is 40.0 Å². The second-order valence-corrected chi connectivity index (χ2v) is 6.04. The van der Waals surface area contributed by atoms with Crippen molar-refractivity contribution in [1.29, 1.82) is 0 Å². The molecule has 0 radical (unpaired) electrons. The van der Waals surface area contributed by atoms with Gasteiger partial charge in [-0.15, -0.1) is 10.2 Å². The average Bonchev–Trinajstić information content (AvgIpc) is 3.50. The van der Waals surface area contributed by atoms with Gasteiger partial charge < -0.3 is 4.42 Å². The van der Waals surface area contributed by atoms with Gasteiger partial charge in [0.25, 0.3) is 0 Å². The Morgan fingerprint density at radius 3 is 2.39 bits per heavy atom. The fourth-order valence-corrected chi connectivity index (χ4v) is 2.87. The maximum Gasteiger partial charge on any atom is 0.204 e. The van der Waals surface area contributed by atoms with Crippen LogP contribution in [0.4, 0.5) is 0 Å². The van der Waals surface area contributed by atoms with E-state index in [1.807, 2.05) is 41.1 Å². The molecule has 0 bridgehead atoms. The molecule has 4 heterocycles. The minimum absolute atomic E-state index is 0.535. The van der Waals surface area contributed by atoms with Crippen LogP contribution in [0.1, 0.15) is 0 Å². The molecule has 0 aliphatic heterocycles. The summed E-state index contributed by atoms with van der Waals surface area (Å²) in [4.78, 5) is 14.7. The van der Waals surface area contributed by atoms with Gasteiger partial charge in [-0.1, -0.05) is 0 Å². The normalized spacial score (nSPS) is 11.0. The molecular formula is C19H14N8O. The smallest absolute Gasteiger partial charge is 0.204 e. The Hall–Kier alpha value is -4.14. The van der Waals surface area contributed by atoms with Gasteiger partial charge in [0.1, 0.15) is 5.82 Å². The molecule has 0 N–H and O–H groups in total. The molecule has 1 aromatic carbocycles. The predicted molar refractivity (Wildman–Crippen MR) is 100 cm³/mol. The zero-order valence-corrected chi connectivity index (χ0v) is 14.8. The molecular weight excluding hydrogens is 356 g/mol. The van der Waals surface area contributed by atoms with E-state index < -0.39 is 0 Å². The molecule has 0 spiro atoms. The van der Waals surface area contributed by atoms with Gasteiger partial charge in [0.15, 0.2) is 11.6 Å². The van der Waals surface area contributed by atoms with Crippen LogP contribution in [0.5, 0.6) is 0 Å². The van der Waals surface area contributed by atoms with Gasteiger partial charge in [-0.25, -0.2) is 15.0 Å². The summed E-state index contributed by atoms with van der Waals surface area (Å²) in [7, 11) is 1.74. The molecule has 0 amide bonds. The van der Waals surface area contributed by atoms with Crippen LogP contribution in [0.15, 0.2) is 71.9 Å². The zero-order valence-electron chi connectivity index (χ0n) is 14.8. The Morgan fingerprint density at radius 2 is 1.71 bits per heavy atom. The lowest BCUT2D eigenvalue weighted by molar-refractivity contribution is 0.577. The third kappa shape index (κ3) is 2.84. The average molecular weight is 370 g/mol. The van der Waals surface area contributed by atoms with Crippen LogP contribution < -0.4 is 0 Å². The van der Waals surface area contributed by atoms with Crippen LogP contribution in [0.2, 0.25) is 0 Å². The molecule has 9 heteroatoms. The van der Waals surface area contributed by atoms with E-state index in [2.05, 4.69) is 30.4 Å². The van der Waals surface area contributed by atoms with Gasteiger partial charge in [0.2, 0.25) is 5.82 Å². The van der Waals surface area contributed by atoms with Gasteiger partial charge in [-0.3, -0.25) is 4.57 Å². The molecule has 5 rings (SSSR count). The van der Waals surface area contributed by atoms with Crippen molar-refractivity contribution in [2.75, 3.05) is 0 Å². The number of aromatic nitrogens is 8. The summed E-state index contributed by atoms with van der Waals surface area (Å²) in [6.45, 7) is 0. The topological polar surface area (TPSA) is 100 Å². The fourth-order valence-electron chi connectivity index (χ4n) is 2.87. The van der Waals surface area contributed by atoms with Crippen LogP contribution >= 0.6 is 0 Å². The monoisotopic (exact) mass is 370 g/mol. The lowest BCUT2D eigenvalue weighted by Crippen LogP contribution is -1.98. The van der Waals surface area contributed by atoms with Crippen LogP contribution in [0, 0.1) is 0 Å². The standard InChI is InChI=1S/C19H14N8O/c1-26-24-17(23-25-26)13-4-6-15(7-5-13)27-9-8-20-19(27)14-11-21-18(22-12-14)16-3-2-10-28-16/h2-12H,1H3. The highest BCUT2D eigenvalue weighted by atomic mass is 16.3. The highest BCUT2D eigenvalue weighted by molar-refractivity contribution is 5.61. The number of tetrazole rings is 1. The lowest BCUT2D eigenvalue weighted by atomic mass is 10.2. The molecule has 0 aliphatic carbocycles. The van der Waals surface area contributed by atoms with E-state index in [0.717, 1.165) is 22.6 Å². The molecule has 0 fully saturated rings. The van der Waals surface area contributed by atoms with E-state index in [-0.39, 0.29) is 0 Å². The molecule has 5 aromatic rings.